The number of hydrogen-bond acceptors (Lipinski definition) is 6. The predicted octanol–water partition coefficient (Wildman–Crippen LogP) is 4.80. The van der Waals surface area contributed by atoms with Crippen molar-refractivity contribution in [3.8, 4) is 22.6 Å². The molecule has 0 spiro atoms. The SMILES string of the molecule is CCCCn1nc(C(F)(F)CCC)nc1Cc1ccc(-c2cccnc2-c2nnn[nH]2)cc1. The normalized spacial score (nSPS) is 11.8. The van der Waals surface area contributed by atoms with Crippen molar-refractivity contribution in [3.05, 3.63) is 59.8 Å². The van der Waals surface area contributed by atoms with Gasteiger partial charge in [-0.1, -0.05) is 50.6 Å². The Morgan fingerprint density at radius 3 is 2.58 bits per heavy atom. The van der Waals surface area contributed by atoms with Gasteiger partial charge in [0.05, 0.1) is 0 Å². The smallest absolute Gasteiger partial charge is 0.252 e. The maximum Gasteiger partial charge on any atom is 0.308 e. The van der Waals surface area contributed by atoms with E-state index in [9.17, 15) is 8.78 Å². The third-order valence-electron chi connectivity index (χ3n) is 5.37. The number of rotatable bonds is 10. The van der Waals surface area contributed by atoms with Crippen molar-refractivity contribution in [1.82, 2.24) is 40.4 Å². The molecule has 172 valence electrons. The minimum atomic E-state index is -3.02. The molecule has 0 fully saturated rings. The monoisotopic (exact) mass is 452 g/mol. The van der Waals surface area contributed by atoms with Gasteiger partial charge in [0.15, 0.2) is 5.82 Å². The summed E-state index contributed by atoms with van der Waals surface area (Å²) < 4.78 is 30.5. The third kappa shape index (κ3) is 5.10. The average molecular weight is 453 g/mol. The molecule has 1 N–H and O–H groups in total. The molecule has 3 heterocycles. The van der Waals surface area contributed by atoms with Crippen molar-refractivity contribution in [2.45, 2.75) is 58.4 Å². The molecule has 4 aromatic rings. The fourth-order valence-corrected chi connectivity index (χ4v) is 3.64. The first-order valence-electron chi connectivity index (χ1n) is 11.1. The second kappa shape index (κ2) is 9.93. The lowest BCUT2D eigenvalue weighted by atomic mass is 10.0. The van der Waals surface area contributed by atoms with Crippen molar-refractivity contribution in [2.24, 2.45) is 0 Å². The molecule has 0 saturated heterocycles. The van der Waals surface area contributed by atoms with Crippen LogP contribution in [0.3, 0.4) is 0 Å². The van der Waals surface area contributed by atoms with E-state index >= 15 is 0 Å². The number of alkyl halides is 2. The zero-order chi connectivity index (χ0) is 23.3. The molecule has 0 aliphatic heterocycles. The van der Waals surface area contributed by atoms with Gasteiger partial charge in [-0.3, -0.25) is 4.98 Å². The van der Waals surface area contributed by atoms with Crippen molar-refractivity contribution in [3.63, 3.8) is 0 Å². The summed E-state index contributed by atoms with van der Waals surface area (Å²) in [6.07, 6.45) is 4.02. The van der Waals surface area contributed by atoms with Crippen LogP contribution in [-0.2, 0) is 18.9 Å². The first-order chi connectivity index (χ1) is 16.0. The minimum absolute atomic E-state index is 0.257. The molecular formula is C23H26F2N8. The summed E-state index contributed by atoms with van der Waals surface area (Å²) in [6.45, 7) is 4.36. The first kappa shape index (κ1) is 22.6. The Hall–Kier alpha value is -3.56. The molecule has 0 saturated carbocycles. The topological polar surface area (TPSA) is 98.1 Å². The highest BCUT2D eigenvalue weighted by Gasteiger charge is 2.36. The van der Waals surface area contributed by atoms with E-state index in [0.717, 1.165) is 29.5 Å². The van der Waals surface area contributed by atoms with Gasteiger partial charge in [0.25, 0.3) is 0 Å². The Morgan fingerprint density at radius 1 is 1.06 bits per heavy atom. The lowest BCUT2D eigenvalue weighted by Crippen LogP contribution is -2.15. The van der Waals surface area contributed by atoms with E-state index in [1.165, 1.54) is 0 Å². The highest BCUT2D eigenvalue weighted by molar-refractivity contribution is 5.77. The Balaban J connectivity index is 1.59. The van der Waals surface area contributed by atoms with Crippen LogP contribution in [0.1, 0.15) is 56.7 Å². The highest BCUT2D eigenvalue weighted by atomic mass is 19.3. The van der Waals surface area contributed by atoms with E-state index in [1.54, 1.807) is 17.8 Å². The molecular weight excluding hydrogens is 426 g/mol. The molecule has 8 nitrogen and oxygen atoms in total. The standard InChI is InChI=1S/C23H26F2N8/c1-3-5-14-33-19(27-22(30-33)23(24,25)12-4-2)15-16-8-10-17(11-9-16)18-7-6-13-26-20(18)21-28-31-32-29-21/h6-11,13H,3-5,12,14-15H2,1-2H3,(H,28,29,31,32). The fraction of sp³-hybridized carbons (Fsp3) is 0.391. The van der Waals surface area contributed by atoms with Gasteiger partial charge < -0.3 is 0 Å². The van der Waals surface area contributed by atoms with Crippen LogP contribution in [0.5, 0.6) is 0 Å². The number of nitrogens with zero attached hydrogens (tertiary/aromatic N) is 7. The Kier molecular flexibility index (Phi) is 6.81. The maximum absolute atomic E-state index is 14.4. The van der Waals surface area contributed by atoms with E-state index in [1.807, 2.05) is 36.4 Å². The van der Waals surface area contributed by atoms with Crippen LogP contribution >= 0.6 is 0 Å². The Labute approximate surface area is 190 Å². The Morgan fingerprint density at radius 2 is 1.88 bits per heavy atom. The summed E-state index contributed by atoms with van der Waals surface area (Å²) in [4.78, 5) is 8.64. The van der Waals surface area contributed by atoms with E-state index in [-0.39, 0.29) is 12.2 Å². The summed E-state index contributed by atoms with van der Waals surface area (Å²) in [7, 11) is 0. The number of nitrogens with one attached hydrogen (secondary N) is 1. The number of tetrazole rings is 1. The lowest BCUT2D eigenvalue weighted by Gasteiger charge is -2.10. The van der Waals surface area contributed by atoms with Gasteiger partial charge in [0.1, 0.15) is 11.5 Å². The van der Waals surface area contributed by atoms with Gasteiger partial charge in [-0.15, -0.1) is 10.2 Å². The van der Waals surface area contributed by atoms with Crippen LogP contribution in [0, 0.1) is 0 Å². The molecule has 0 atom stereocenters. The molecule has 33 heavy (non-hydrogen) atoms. The zero-order valence-electron chi connectivity index (χ0n) is 18.7. The van der Waals surface area contributed by atoms with Gasteiger partial charge in [-0.25, -0.2) is 14.8 Å². The molecule has 3 aromatic heterocycles. The average Bonchev–Trinajstić information content (AvgIpc) is 3.49. The second-order valence-electron chi connectivity index (χ2n) is 7.91. The molecule has 0 unspecified atom stereocenters. The van der Waals surface area contributed by atoms with Crippen molar-refractivity contribution in [1.29, 1.82) is 0 Å². The maximum atomic E-state index is 14.4. The molecule has 0 amide bonds. The van der Waals surface area contributed by atoms with Gasteiger partial charge in [-0.2, -0.15) is 8.78 Å². The van der Waals surface area contributed by atoms with E-state index in [0.29, 0.717) is 36.7 Å². The van der Waals surface area contributed by atoms with Crippen molar-refractivity contribution >= 4 is 0 Å². The van der Waals surface area contributed by atoms with Gasteiger partial charge in [0, 0.05) is 31.1 Å². The summed E-state index contributed by atoms with van der Waals surface area (Å²) >= 11 is 0. The molecule has 4 rings (SSSR count). The molecule has 0 radical (unpaired) electrons. The third-order valence-corrected chi connectivity index (χ3v) is 5.37. The summed E-state index contributed by atoms with van der Waals surface area (Å²) in [5.74, 6) is -2.36. The summed E-state index contributed by atoms with van der Waals surface area (Å²) in [5.41, 5.74) is 3.44. The minimum Gasteiger partial charge on any atom is -0.252 e. The predicted molar refractivity (Wildman–Crippen MR) is 119 cm³/mol. The van der Waals surface area contributed by atoms with Crippen LogP contribution in [0.15, 0.2) is 42.6 Å². The van der Waals surface area contributed by atoms with Crippen LogP contribution in [0.4, 0.5) is 8.78 Å². The zero-order valence-corrected chi connectivity index (χ0v) is 18.7. The van der Waals surface area contributed by atoms with Crippen molar-refractivity contribution in [2.75, 3.05) is 0 Å². The number of aromatic nitrogens is 8. The number of unbranched alkanes of at least 4 members (excludes halogenated alkanes) is 1. The van der Waals surface area contributed by atoms with E-state index in [2.05, 4.69) is 42.6 Å². The number of aromatic amines is 1. The number of H-pyrrole nitrogens is 1. The summed E-state index contributed by atoms with van der Waals surface area (Å²) in [6, 6.07) is 11.7. The van der Waals surface area contributed by atoms with Crippen LogP contribution < -0.4 is 0 Å². The van der Waals surface area contributed by atoms with Crippen LogP contribution in [0.25, 0.3) is 22.6 Å². The first-order valence-corrected chi connectivity index (χ1v) is 11.1. The second-order valence-corrected chi connectivity index (χ2v) is 7.91. The number of hydrogen-bond donors (Lipinski definition) is 1. The van der Waals surface area contributed by atoms with Gasteiger partial charge in [-0.05, 0) is 40.5 Å². The van der Waals surface area contributed by atoms with Crippen molar-refractivity contribution < 1.29 is 8.78 Å². The van der Waals surface area contributed by atoms with Gasteiger partial charge in [0.2, 0.25) is 5.82 Å². The number of aryl methyl sites for hydroxylation is 1. The molecule has 0 aliphatic rings. The van der Waals surface area contributed by atoms with E-state index in [4.69, 9.17) is 0 Å². The Bertz CT molecular complexity index is 1170. The number of benzene rings is 1. The molecule has 0 bridgehead atoms. The van der Waals surface area contributed by atoms with E-state index < -0.39 is 5.92 Å². The largest absolute Gasteiger partial charge is 0.308 e. The number of halogens is 2. The van der Waals surface area contributed by atoms with Gasteiger partial charge >= 0.3 is 5.92 Å². The fourth-order valence-electron chi connectivity index (χ4n) is 3.64. The molecule has 1 aromatic carbocycles. The lowest BCUT2D eigenvalue weighted by molar-refractivity contribution is -0.0232. The molecule has 10 heteroatoms. The number of pyridine rings is 1. The molecule has 0 aliphatic carbocycles. The van der Waals surface area contributed by atoms with Crippen LogP contribution in [0.2, 0.25) is 0 Å². The van der Waals surface area contributed by atoms with Crippen LogP contribution in [-0.4, -0.2) is 40.4 Å². The quantitative estimate of drug-likeness (QED) is 0.371. The summed E-state index contributed by atoms with van der Waals surface area (Å²) in [5, 5.41) is 18.1. The highest BCUT2D eigenvalue weighted by Crippen LogP contribution is 2.31.